The number of hydrogen-bond donors (Lipinski definition) is 2. The van der Waals surface area contributed by atoms with Crippen LogP contribution in [0.1, 0.15) is 91.9 Å². The lowest BCUT2D eigenvalue weighted by atomic mass is 9.92. The third kappa shape index (κ3) is 13.6. The molecule has 0 rings (SSSR count). The van der Waals surface area contributed by atoms with E-state index < -0.39 is 12.1 Å². The normalized spacial score (nSPS) is 14.3. The van der Waals surface area contributed by atoms with Crippen LogP contribution in [-0.4, -0.2) is 61.9 Å². The van der Waals surface area contributed by atoms with Crippen LogP contribution in [0.3, 0.4) is 0 Å². The molecule has 176 valence electrons. The molecule has 0 radical (unpaired) electrons. The van der Waals surface area contributed by atoms with Crippen LogP contribution in [0.15, 0.2) is 0 Å². The summed E-state index contributed by atoms with van der Waals surface area (Å²) in [6.45, 7) is 10.3. The minimum absolute atomic E-state index is 0.177. The van der Waals surface area contributed by atoms with Gasteiger partial charge in [-0.2, -0.15) is 0 Å². The Hall–Kier alpha value is -0.240. The summed E-state index contributed by atoms with van der Waals surface area (Å²) in [5.74, 6) is -0.785. The van der Waals surface area contributed by atoms with Gasteiger partial charge in [0.05, 0.1) is 13.2 Å². The van der Waals surface area contributed by atoms with E-state index in [1.807, 2.05) is 20.8 Å². The molecule has 0 amide bonds. The van der Waals surface area contributed by atoms with Crippen molar-refractivity contribution in [3.8, 4) is 0 Å². The summed E-state index contributed by atoms with van der Waals surface area (Å²) in [7, 11) is 0. The summed E-state index contributed by atoms with van der Waals surface area (Å²) in [5.41, 5.74) is 0. The van der Waals surface area contributed by atoms with E-state index in [0.717, 1.165) is 32.1 Å². The highest BCUT2D eigenvalue weighted by Crippen LogP contribution is 2.34. The van der Waals surface area contributed by atoms with E-state index in [1.165, 1.54) is 32.1 Å². The predicted octanol–water partition coefficient (Wildman–Crippen LogP) is 4.66. The smallest absolute Gasteiger partial charge is 0.285 e. The molecule has 0 saturated heterocycles. The van der Waals surface area contributed by atoms with E-state index in [2.05, 4.69) is 6.92 Å². The lowest BCUT2D eigenvalue weighted by molar-refractivity contribution is -0.403. The van der Waals surface area contributed by atoms with E-state index in [0.29, 0.717) is 26.4 Å². The number of aliphatic hydroxyl groups is 2. The molecule has 2 atom stereocenters. The average molecular weight is 421 g/mol. The SMILES string of the molecule is CCCCCCCCC(CCCCOCC(O)CO)C(OCC)(OCC)OCC. The Morgan fingerprint density at radius 2 is 1.24 bits per heavy atom. The average Bonchev–Trinajstić information content (AvgIpc) is 2.71. The van der Waals surface area contributed by atoms with Crippen molar-refractivity contribution in [1.82, 2.24) is 0 Å². The van der Waals surface area contributed by atoms with Gasteiger partial charge in [-0.3, -0.25) is 0 Å². The van der Waals surface area contributed by atoms with Crippen molar-refractivity contribution in [2.45, 2.75) is 104 Å². The topological polar surface area (TPSA) is 77.4 Å². The molecule has 0 spiro atoms. The highest BCUT2D eigenvalue weighted by molar-refractivity contribution is 4.73. The van der Waals surface area contributed by atoms with Crippen molar-refractivity contribution < 1.29 is 29.2 Å². The van der Waals surface area contributed by atoms with Gasteiger partial charge in [-0.05, 0) is 40.0 Å². The maximum atomic E-state index is 9.34. The van der Waals surface area contributed by atoms with Crippen molar-refractivity contribution in [2.75, 3.05) is 39.6 Å². The fourth-order valence-corrected chi connectivity index (χ4v) is 3.62. The first-order valence-electron chi connectivity index (χ1n) is 11.9. The summed E-state index contributed by atoms with van der Waals surface area (Å²) in [6, 6.07) is 0. The predicted molar refractivity (Wildman–Crippen MR) is 117 cm³/mol. The summed E-state index contributed by atoms with van der Waals surface area (Å²) in [4.78, 5) is 0. The van der Waals surface area contributed by atoms with Crippen LogP contribution in [0.5, 0.6) is 0 Å². The van der Waals surface area contributed by atoms with Crippen molar-refractivity contribution in [3.05, 3.63) is 0 Å². The second-order valence-corrected chi connectivity index (χ2v) is 7.56. The van der Waals surface area contributed by atoms with Crippen LogP contribution in [0.25, 0.3) is 0 Å². The molecule has 0 aliphatic heterocycles. The van der Waals surface area contributed by atoms with Gasteiger partial charge in [0.25, 0.3) is 5.97 Å². The number of rotatable bonds is 22. The standard InChI is InChI=1S/C23H48O6/c1-5-9-10-11-12-13-16-21(17-14-15-18-26-20-22(25)19-24)23(27-6-2,28-7-3)29-8-4/h21-22,24-25H,5-20H2,1-4H3. The maximum Gasteiger partial charge on any atom is 0.285 e. The van der Waals surface area contributed by atoms with Gasteiger partial charge in [0.1, 0.15) is 6.10 Å². The van der Waals surface area contributed by atoms with Crippen LogP contribution in [0, 0.1) is 5.92 Å². The Balaban J connectivity index is 4.70. The van der Waals surface area contributed by atoms with Gasteiger partial charge in [-0.1, -0.05) is 51.9 Å². The Labute approximate surface area is 179 Å². The van der Waals surface area contributed by atoms with Gasteiger partial charge >= 0.3 is 0 Å². The Morgan fingerprint density at radius 1 is 0.724 bits per heavy atom. The van der Waals surface area contributed by atoms with Crippen LogP contribution < -0.4 is 0 Å². The van der Waals surface area contributed by atoms with Crippen molar-refractivity contribution in [2.24, 2.45) is 5.92 Å². The molecule has 0 aliphatic rings. The first-order chi connectivity index (χ1) is 14.1. The molecule has 0 aromatic heterocycles. The minimum atomic E-state index is -0.963. The van der Waals surface area contributed by atoms with Gasteiger partial charge in [-0.15, -0.1) is 0 Å². The molecule has 29 heavy (non-hydrogen) atoms. The van der Waals surface area contributed by atoms with Gasteiger partial charge < -0.3 is 29.2 Å². The van der Waals surface area contributed by atoms with Gasteiger partial charge in [0.15, 0.2) is 0 Å². The molecule has 2 N–H and O–H groups in total. The molecular formula is C23H48O6. The molecule has 6 heteroatoms. The first kappa shape index (κ1) is 28.8. The van der Waals surface area contributed by atoms with Crippen molar-refractivity contribution >= 4 is 0 Å². The van der Waals surface area contributed by atoms with Gasteiger partial charge in [0.2, 0.25) is 0 Å². The second-order valence-electron chi connectivity index (χ2n) is 7.56. The van der Waals surface area contributed by atoms with Crippen LogP contribution in [-0.2, 0) is 18.9 Å². The lowest BCUT2D eigenvalue weighted by Gasteiger charge is -2.39. The largest absolute Gasteiger partial charge is 0.394 e. The monoisotopic (exact) mass is 420 g/mol. The van der Waals surface area contributed by atoms with Crippen molar-refractivity contribution in [1.29, 1.82) is 0 Å². The molecular weight excluding hydrogens is 372 g/mol. The molecule has 0 aliphatic carbocycles. The molecule has 0 saturated carbocycles. The Bertz CT molecular complexity index is 322. The van der Waals surface area contributed by atoms with Gasteiger partial charge in [0, 0.05) is 32.3 Å². The summed E-state index contributed by atoms with van der Waals surface area (Å²) in [6.07, 6.45) is 10.6. The fraction of sp³-hybridized carbons (Fsp3) is 1.00. The van der Waals surface area contributed by atoms with Gasteiger partial charge in [-0.25, -0.2) is 0 Å². The van der Waals surface area contributed by atoms with Crippen LogP contribution in [0.2, 0.25) is 0 Å². The highest BCUT2D eigenvalue weighted by atomic mass is 16.9. The number of aliphatic hydroxyl groups excluding tert-OH is 2. The summed E-state index contributed by atoms with van der Waals surface area (Å²) in [5, 5.41) is 18.2. The maximum absolute atomic E-state index is 9.34. The zero-order valence-corrected chi connectivity index (χ0v) is 19.5. The number of unbranched alkanes of at least 4 members (excludes halogenated alkanes) is 6. The van der Waals surface area contributed by atoms with Crippen LogP contribution >= 0.6 is 0 Å². The minimum Gasteiger partial charge on any atom is -0.394 e. The number of ether oxygens (including phenoxy) is 4. The van der Waals surface area contributed by atoms with Crippen LogP contribution in [0.4, 0.5) is 0 Å². The van der Waals surface area contributed by atoms with E-state index in [-0.39, 0.29) is 19.1 Å². The summed E-state index contributed by atoms with van der Waals surface area (Å²) < 4.78 is 23.6. The molecule has 0 bridgehead atoms. The zero-order valence-electron chi connectivity index (χ0n) is 19.5. The lowest BCUT2D eigenvalue weighted by Crippen LogP contribution is -2.46. The quantitative estimate of drug-likeness (QED) is 0.196. The number of hydrogen-bond acceptors (Lipinski definition) is 6. The summed E-state index contributed by atoms with van der Waals surface area (Å²) >= 11 is 0. The second kappa shape index (κ2) is 19.7. The molecule has 0 heterocycles. The molecule has 6 nitrogen and oxygen atoms in total. The Morgan fingerprint density at radius 3 is 1.76 bits per heavy atom. The van der Waals surface area contributed by atoms with Crippen molar-refractivity contribution in [3.63, 3.8) is 0 Å². The Kier molecular flexibility index (Phi) is 19.5. The third-order valence-corrected chi connectivity index (χ3v) is 5.05. The molecule has 2 unspecified atom stereocenters. The van der Waals surface area contributed by atoms with E-state index in [9.17, 15) is 5.11 Å². The molecule has 0 aromatic rings. The fourth-order valence-electron chi connectivity index (χ4n) is 3.62. The molecule has 0 fully saturated rings. The first-order valence-corrected chi connectivity index (χ1v) is 11.9. The van der Waals surface area contributed by atoms with E-state index >= 15 is 0 Å². The highest BCUT2D eigenvalue weighted by Gasteiger charge is 2.41. The third-order valence-electron chi connectivity index (χ3n) is 5.05. The zero-order chi connectivity index (χ0) is 21.8. The van der Waals surface area contributed by atoms with E-state index in [1.54, 1.807) is 0 Å². The molecule has 0 aromatic carbocycles. The van der Waals surface area contributed by atoms with E-state index in [4.69, 9.17) is 24.1 Å².